The van der Waals surface area contributed by atoms with Gasteiger partial charge < -0.3 is 15.4 Å². The number of ether oxygens (including phenoxy) is 1. The molecule has 5 nitrogen and oxygen atoms in total. The zero-order valence-electron chi connectivity index (χ0n) is 18.0. The summed E-state index contributed by atoms with van der Waals surface area (Å²) < 4.78 is 5.57. The molecule has 1 aromatic rings. The number of hydrogen-bond acceptors (Lipinski definition) is 4. The third kappa shape index (κ3) is 7.60. The minimum Gasteiger partial charge on any atom is -0.379 e. The Morgan fingerprint density at radius 3 is 2.59 bits per heavy atom. The highest BCUT2D eigenvalue weighted by atomic mass is 127. The molecule has 0 spiro atoms. The quantitative estimate of drug-likeness (QED) is 0.318. The summed E-state index contributed by atoms with van der Waals surface area (Å²) in [5, 5.41) is 7.92. The Balaban J connectivity index is 0.00000300. The third-order valence-corrected chi connectivity index (χ3v) is 6.87. The van der Waals surface area contributed by atoms with Crippen molar-refractivity contribution < 1.29 is 4.74 Å². The summed E-state index contributed by atoms with van der Waals surface area (Å²) in [6, 6.07) is 9.75. The fourth-order valence-electron chi connectivity index (χ4n) is 4.09. The SMILES string of the molecule is CCNC(=NCC(c1ccc(C)cc1)N1CCOCC1)NC1CCC(SC)C1.I. The van der Waals surface area contributed by atoms with E-state index in [1.165, 1.54) is 30.4 Å². The third-order valence-electron chi connectivity index (χ3n) is 5.77. The fraction of sp³-hybridized carbons (Fsp3) is 0.682. The minimum absolute atomic E-state index is 0. The molecular weight excluding hydrogens is 495 g/mol. The molecule has 3 rings (SSSR count). The van der Waals surface area contributed by atoms with Gasteiger partial charge in [-0.25, -0.2) is 0 Å². The van der Waals surface area contributed by atoms with E-state index in [2.05, 4.69) is 59.9 Å². The number of hydrogen-bond donors (Lipinski definition) is 2. The highest BCUT2D eigenvalue weighted by molar-refractivity contribution is 14.0. The molecular formula is C22H37IN4OS. The van der Waals surface area contributed by atoms with Crippen molar-refractivity contribution in [1.82, 2.24) is 15.5 Å². The molecule has 2 aliphatic rings. The van der Waals surface area contributed by atoms with Crippen LogP contribution in [0.3, 0.4) is 0 Å². The number of guanidine groups is 1. The first-order valence-corrected chi connectivity index (χ1v) is 11.9. The van der Waals surface area contributed by atoms with Crippen LogP contribution in [0, 0.1) is 6.92 Å². The maximum atomic E-state index is 5.57. The average molecular weight is 533 g/mol. The molecule has 1 heterocycles. The lowest BCUT2D eigenvalue weighted by molar-refractivity contribution is 0.0179. The first-order valence-electron chi connectivity index (χ1n) is 10.7. The second-order valence-corrected chi connectivity index (χ2v) is 8.94. The molecule has 7 heteroatoms. The number of thioether (sulfide) groups is 1. The van der Waals surface area contributed by atoms with E-state index < -0.39 is 0 Å². The number of nitrogens with zero attached hydrogens (tertiary/aromatic N) is 2. The molecule has 2 fully saturated rings. The summed E-state index contributed by atoms with van der Waals surface area (Å²) in [5.74, 6) is 0.958. The molecule has 0 radical (unpaired) electrons. The topological polar surface area (TPSA) is 48.9 Å². The van der Waals surface area contributed by atoms with Crippen LogP contribution < -0.4 is 10.6 Å². The second-order valence-electron chi connectivity index (χ2n) is 7.81. The summed E-state index contributed by atoms with van der Waals surface area (Å²) in [5.41, 5.74) is 2.64. The van der Waals surface area contributed by atoms with Crippen molar-refractivity contribution in [3.05, 3.63) is 35.4 Å². The standard InChI is InChI=1S/C22H36N4OS.HI/c1-4-23-22(25-19-9-10-20(15-19)28-3)24-16-21(26-11-13-27-14-12-26)18-7-5-17(2)6-8-18;/h5-8,19-21H,4,9-16H2,1-3H3,(H2,23,24,25);1H. The normalized spacial score (nSPS) is 24.0. The predicted molar refractivity (Wildman–Crippen MR) is 136 cm³/mol. The van der Waals surface area contributed by atoms with Gasteiger partial charge in [0.25, 0.3) is 0 Å². The highest BCUT2D eigenvalue weighted by Crippen LogP contribution is 2.28. The first-order chi connectivity index (χ1) is 13.7. The number of nitrogens with one attached hydrogen (secondary N) is 2. The van der Waals surface area contributed by atoms with Gasteiger partial charge in [0.15, 0.2) is 5.96 Å². The predicted octanol–water partition coefficient (Wildman–Crippen LogP) is 3.83. The maximum absolute atomic E-state index is 5.57. The number of halogens is 1. The summed E-state index contributed by atoms with van der Waals surface area (Å²) >= 11 is 1.99. The van der Waals surface area contributed by atoms with Gasteiger partial charge in [-0.05, 0) is 44.9 Å². The highest BCUT2D eigenvalue weighted by Gasteiger charge is 2.25. The van der Waals surface area contributed by atoms with E-state index in [0.29, 0.717) is 12.1 Å². The summed E-state index contributed by atoms with van der Waals surface area (Å²) in [6.07, 6.45) is 6.00. The van der Waals surface area contributed by atoms with Crippen molar-refractivity contribution in [3.8, 4) is 0 Å². The number of aryl methyl sites for hydroxylation is 1. The van der Waals surface area contributed by atoms with E-state index in [1.54, 1.807) is 0 Å². The van der Waals surface area contributed by atoms with Gasteiger partial charge in [0.2, 0.25) is 0 Å². The lowest BCUT2D eigenvalue weighted by atomic mass is 10.0. The number of morpholine rings is 1. The molecule has 3 atom stereocenters. The minimum atomic E-state index is 0. The number of benzene rings is 1. The summed E-state index contributed by atoms with van der Waals surface area (Å²) in [6.45, 7) is 9.48. The van der Waals surface area contributed by atoms with Crippen LogP contribution >= 0.6 is 35.7 Å². The van der Waals surface area contributed by atoms with Crippen LogP contribution in [-0.4, -0.2) is 67.8 Å². The largest absolute Gasteiger partial charge is 0.379 e. The fourth-order valence-corrected chi connectivity index (χ4v) is 4.88. The smallest absolute Gasteiger partial charge is 0.191 e. The monoisotopic (exact) mass is 532 g/mol. The van der Waals surface area contributed by atoms with Gasteiger partial charge in [0.1, 0.15) is 0 Å². The van der Waals surface area contributed by atoms with Gasteiger partial charge >= 0.3 is 0 Å². The van der Waals surface area contributed by atoms with Crippen molar-refractivity contribution in [3.63, 3.8) is 0 Å². The van der Waals surface area contributed by atoms with E-state index in [0.717, 1.165) is 50.6 Å². The lowest BCUT2D eigenvalue weighted by Gasteiger charge is -2.34. The van der Waals surface area contributed by atoms with Crippen LogP contribution in [0.5, 0.6) is 0 Å². The molecule has 1 saturated carbocycles. The average Bonchev–Trinajstić information content (AvgIpc) is 3.18. The molecule has 0 aromatic heterocycles. The van der Waals surface area contributed by atoms with Crippen LogP contribution in [0.25, 0.3) is 0 Å². The molecule has 0 bridgehead atoms. The zero-order valence-corrected chi connectivity index (χ0v) is 21.2. The lowest BCUT2D eigenvalue weighted by Crippen LogP contribution is -2.44. The van der Waals surface area contributed by atoms with Gasteiger partial charge in [-0.2, -0.15) is 11.8 Å². The number of aliphatic imine (C=N–C) groups is 1. The van der Waals surface area contributed by atoms with E-state index >= 15 is 0 Å². The zero-order chi connectivity index (χ0) is 19.8. The van der Waals surface area contributed by atoms with Crippen LogP contribution in [0.2, 0.25) is 0 Å². The van der Waals surface area contributed by atoms with Crippen LogP contribution in [-0.2, 0) is 4.74 Å². The Morgan fingerprint density at radius 1 is 1.24 bits per heavy atom. The van der Waals surface area contributed by atoms with Crippen molar-refractivity contribution in [1.29, 1.82) is 0 Å². The Labute approximate surface area is 197 Å². The van der Waals surface area contributed by atoms with Gasteiger partial charge in [-0.1, -0.05) is 29.8 Å². The Hall–Kier alpha value is -0.510. The van der Waals surface area contributed by atoms with Crippen molar-refractivity contribution in [2.24, 2.45) is 4.99 Å². The van der Waals surface area contributed by atoms with Crippen LogP contribution in [0.1, 0.15) is 43.4 Å². The Morgan fingerprint density at radius 2 is 1.97 bits per heavy atom. The van der Waals surface area contributed by atoms with Crippen molar-refractivity contribution >= 4 is 41.7 Å². The molecule has 2 N–H and O–H groups in total. The molecule has 1 aliphatic carbocycles. The molecule has 1 aromatic carbocycles. The van der Waals surface area contributed by atoms with E-state index in [9.17, 15) is 0 Å². The first kappa shape index (κ1) is 24.8. The van der Waals surface area contributed by atoms with Gasteiger partial charge in [-0.3, -0.25) is 9.89 Å². The van der Waals surface area contributed by atoms with Crippen molar-refractivity contribution in [2.45, 2.75) is 50.4 Å². The maximum Gasteiger partial charge on any atom is 0.191 e. The van der Waals surface area contributed by atoms with Gasteiger partial charge in [0.05, 0.1) is 25.8 Å². The van der Waals surface area contributed by atoms with E-state index in [1.807, 2.05) is 11.8 Å². The molecule has 0 amide bonds. The van der Waals surface area contributed by atoms with E-state index in [4.69, 9.17) is 9.73 Å². The molecule has 3 unspecified atom stereocenters. The van der Waals surface area contributed by atoms with Crippen LogP contribution in [0.15, 0.2) is 29.3 Å². The molecule has 1 saturated heterocycles. The second kappa shape index (κ2) is 13.0. The Kier molecular flexibility index (Phi) is 11.1. The van der Waals surface area contributed by atoms with Crippen LogP contribution in [0.4, 0.5) is 0 Å². The molecule has 1 aliphatic heterocycles. The van der Waals surface area contributed by atoms with E-state index in [-0.39, 0.29) is 24.0 Å². The van der Waals surface area contributed by atoms with Gasteiger partial charge in [-0.15, -0.1) is 24.0 Å². The Bertz CT molecular complexity index is 622. The molecule has 164 valence electrons. The van der Waals surface area contributed by atoms with Crippen molar-refractivity contribution in [2.75, 3.05) is 45.6 Å². The van der Waals surface area contributed by atoms with Gasteiger partial charge in [0, 0.05) is 30.9 Å². The molecule has 29 heavy (non-hydrogen) atoms. The summed E-state index contributed by atoms with van der Waals surface area (Å²) in [4.78, 5) is 7.52. The summed E-state index contributed by atoms with van der Waals surface area (Å²) in [7, 11) is 0. The number of rotatable bonds is 7.